The van der Waals surface area contributed by atoms with E-state index in [0.717, 1.165) is 17.9 Å². The van der Waals surface area contributed by atoms with Gasteiger partial charge in [0.25, 0.3) is 0 Å². The van der Waals surface area contributed by atoms with Gasteiger partial charge in [-0.25, -0.2) is 0 Å². The number of hydrogen-bond donors (Lipinski definition) is 1. The molecular formula is C11H15NOS. The van der Waals surface area contributed by atoms with Crippen LogP contribution >= 0.6 is 11.8 Å². The van der Waals surface area contributed by atoms with Crippen LogP contribution in [0.3, 0.4) is 0 Å². The number of benzene rings is 1. The topological polar surface area (TPSA) is 35.2 Å². The number of fused-ring (bicyclic) bond motifs is 1. The zero-order valence-electron chi connectivity index (χ0n) is 8.27. The Bertz CT molecular complexity index is 316. The van der Waals surface area contributed by atoms with Crippen molar-refractivity contribution in [1.29, 1.82) is 0 Å². The van der Waals surface area contributed by atoms with Crippen LogP contribution in [-0.2, 0) is 0 Å². The Hall–Kier alpha value is -0.670. The molecule has 1 heterocycles. The highest BCUT2D eigenvalue weighted by atomic mass is 32.2. The molecule has 0 saturated carbocycles. The van der Waals surface area contributed by atoms with Gasteiger partial charge in [-0.3, -0.25) is 0 Å². The van der Waals surface area contributed by atoms with Gasteiger partial charge in [0.2, 0.25) is 0 Å². The van der Waals surface area contributed by atoms with Crippen molar-refractivity contribution < 1.29 is 4.74 Å². The van der Waals surface area contributed by atoms with Crippen molar-refractivity contribution in [3.05, 3.63) is 24.3 Å². The minimum Gasteiger partial charge on any atom is -0.487 e. The number of hydrogen-bond acceptors (Lipinski definition) is 3. The van der Waals surface area contributed by atoms with E-state index in [1.807, 2.05) is 30.0 Å². The maximum absolute atomic E-state index is 5.97. The monoisotopic (exact) mass is 209 g/mol. The lowest BCUT2D eigenvalue weighted by atomic mass is 10.1. The van der Waals surface area contributed by atoms with Crippen molar-refractivity contribution >= 4 is 11.8 Å². The molecule has 0 aliphatic carbocycles. The predicted molar refractivity (Wildman–Crippen MR) is 59.8 cm³/mol. The fourth-order valence-electron chi connectivity index (χ4n) is 1.51. The maximum atomic E-state index is 5.97. The van der Waals surface area contributed by atoms with Gasteiger partial charge in [0.1, 0.15) is 11.9 Å². The number of thioether (sulfide) groups is 1. The van der Waals surface area contributed by atoms with Crippen molar-refractivity contribution in [2.24, 2.45) is 5.73 Å². The second kappa shape index (κ2) is 4.24. The number of ether oxygens (including phenoxy) is 1. The summed E-state index contributed by atoms with van der Waals surface area (Å²) in [5.74, 6) is 1.95. The first-order chi connectivity index (χ1) is 6.81. The summed E-state index contributed by atoms with van der Waals surface area (Å²) in [5, 5.41) is 0. The second-order valence-electron chi connectivity index (χ2n) is 3.49. The standard InChI is InChI=1S/C11H15NOS/c1-2-8(12)10-7-14-11-6-4-3-5-9(11)13-10/h3-6,8,10H,2,7,12H2,1H3/t8-,10?/m0/s1. The van der Waals surface area contributed by atoms with Gasteiger partial charge in [0.05, 0.1) is 0 Å². The summed E-state index contributed by atoms with van der Waals surface area (Å²) in [6, 6.07) is 8.29. The predicted octanol–water partition coefficient (Wildman–Crippen LogP) is 2.28. The summed E-state index contributed by atoms with van der Waals surface area (Å²) in [7, 11) is 0. The number of nitrogens with two attached hydrogens (primary N) is 1. The van der Waals surface area contributed by atoms with Crippen molar-refractivity contribution in [3.63, 3.8) is 0 Å². The first-order valence-corrected chi connectivity index (χ1v) is 5.94. The summed E-state index contributed by atoms with van der Waals surface area (Å²) in [5.41, 5.74) is 5.97. The molecule has 2 atom stereocenters. The third-order valence-electron chi connectivity index (χ3n) is 2.48. The summed E-state index contributed by atoms with van der Waals surface area (Å²) < 4.78 is 5.84. The molecule has 1 unspecified atom stereocenters. The van der Waals surface area contributed by atoms with E-state index >= 15 is 0 Å². The van der Waals surface area contributed by atoms with Gasteiger partial charge in [-0.15, -0.1) is 11.8 Å². The molecule has 3 heteroatoms. The number of para-hydroxylation sites is 1. The maximum Gasteiger partial charge on any atom is 0.133 e. The molecule has 2 N–H and O–H groups in total. The van der Waals surface area contributed by atoms with E-state index < -0.39 is 0 Å². The Morgan fingerprint density at radius 2 is 2.36 bits per heavy atom. The molecule has 0 fully saturated rings. The van der Waals surface area contributed by atoms with Gasteiger partial charge in [0.15, 0.2) is 0 Å². The first kappa shape index (κ1) is 9.87. The third kappa shape index (κ3) is 1.88. The van der Waals surface area contributed by atoms with Crippen LogP contribution in [0.5, 0.6) is 5.75 Å². The Morgan fingerprint density at radius 3 is 3.14 bits per heavy atom. The fourth-order valence-corrected chi connectivity index (χ4v) is 2.60. The number of rotatable bonds is 2. The van der Waals surface area contributed by atoms with Crippen LogP contribution in [0.1, 0.15) is 13.3 Å². The van der Waals surface area contributed by atoms with E-state index in [-0.39, 0.29) is 12.1 Å². The van der Waals surface area contributed by atoms with Gasteiger partial charge in [-0.2, -0.15) is 0 Å². The van der Waals surface area contributed by atoms with Gasteiger partial charge in [-0.05, 0) is 18.6 Å². The van der Waals surface area contributed by atoms with Gasteiger partial charge in [-0.1, -0.05) is 19.1 Å². The van der Waals surface area contributed by atoms with Crippen LogP contribution in [-0.4, -0.2) is 17.9 Å². The third-order valence-corrected chi connectivity index (χ3v) is 3.62. The minimum atomic E-state index is 0.149. The first-order valence-electron chi connectivity index (χ1n) is 4.95. The van der Waals surface area contributed by atoms with Crippen LogP contribution in [0.15, 0.2) is 29.2 Å². The molecule has 2 rings (SSSR count). The summed E-state index contributed by atoms with van der Waals surface area (Å²) in [6.45, 7) is 2.10. The molecule has 0 radical (unpaired) electrons. The highest BCUT2D eigenvalue weighted by Crippen LogP contribution is 2.35. The van der Waals surface area contributed by atoms with Crippen molar-refractivity contribution in [3.8, 4) is 5.75 Å². The molecule has 1 aliphatic heterocycles. The average molecular weight is 209 g/mol. The molecule has 0 bridgehead atoms. The van der Waals surface area contributed by atoms with E-state index in [2.05, 4.69) is 13.0 Å². The Kier molecular flexibility index (Phi) is 2.99. The lowest BCUT2D eigenvalue weighted by molar-refractivity contribution is 0.182. The second-order valence-corrected chi connectivity index (χ2v) is 4.55. The molecule has 0 spiro atoms. The molecule has 0 aromatic heterocycles. The van der Waals surface area contributed by atoms with Crippen LogP contribution in [0.4, 0.5) is 0 Å². The van der Waals surface area contributed by atoms with Crippen molar-refractivity contribution in [2.45, 2.75) is 30.4 Å². The summed E-state index contributed by atoms with van der Waals surface area (Å²) in [4.78, 5) is 1.23. The molecule has 1 aromatic carbocycles. The van der Waals surface area contributed by atoms with E-state index in [1.54, 1.807) is 0 Å². The zero-order chi connectivity index (χ0) is 9.97. The highest BCUT2D eigenvalue weighted by Gasteiger charge is 2.24. The van der Waals surface area contributed by atoms with Crippen LogP contribution < -0.4 is 10.5 Å². The Morgan fingerprint density at radius 1 is 1.57 bits per heavy atom. The zero-order valence-corrected chi connectivity index (χ0v) is 9.09. The molecule has 14 heavy (non-hydrogen) atoms. The Labute approximate surface area is 88.8 Å². The van der Waals surface area contributed by atoms with Gasteiger partial charge >= 0.3 is 0 Å². The normalized spacial score (nSPS) is 22.3. The van der Waals surface area contributed by atoms with Gasteiger partial charge < -0.3 is 10.5 Å². The van der Waals surface area contributed by atoms with Crippen molar-refractivity contribution in [1.82, 2.24) is 0 Å². The molecule has 2 nitrogen and oxygen atoms in total. The van der Waals surface area contributed by atoms with Crippen molar-refractivity contribution in [2.75, 3.05) is 5.75 Å². The average Bonchev–Trinajstić information content (AvgIpc) is 2.27. The lowest BCUT2D eigenvalue weighted by Gasteiger charge is -2.29. The van der Waals surface area contributed by atoms with E-state index in [1.165, 1.54) is 4.90 Å². The van der Waals surface area contributed by atoms with E-state index in [4.69, 9.17) is 10.5 Å². The van der Waals surface area contributed by atoms with Crippen LogP contribution in [0.25, 0.3) is 0 Å². The molecule has 1 aromatic rings. The molecule has 76 valence electrons. The quantitative estimate of drug-likeness (QED) is 0.811. The van der Waals surface area contributed by atoms with Crippen LogP contribution in [0, 0.1) is 0 Å². The molecule has 0 saturated heterocycles. The highest BCUT2D eigenvalue weighted by molar-refractivity contribution is 7.99. The largest absolute Gasteiger partial charge is 0.487 e. The molecule has 0 amide bonds. The molecule has 1 aliphatic rings. The Balaban J connectivity index is 2.13. The lowest BCUT2D eigenvalue weighted by Crippen LogP contribution is -2.41. The SMILES string of the molecule is CC[C@H](N)C1CSc2ccccc2O1. The fraction of sp³-hybridized carbons (Fsp3) is 0.455. The molecular weight excluding hydrogens is 194 g/mol. The van der Waals surface area contributed by atoms with E-state index in [0.29, 0.717) is 0 Å². The van der Waals surface area contributed by atoms with E-state index in [9.17, 15) is 0 Å². The smallest absolute Gasteiger partial charge is 0.133 e. The summed E-state index contributed by atoms with van der Waals surface area (Å²) in [6.07, 6.45) is 1.13. The summed E-state index contributed by atoms with van der Waals surface area (Å²) >= 11 is 1.84. The van der Waals surface area contributed by atoms with Crippen LogP contribution in [0.2, 0.25) is 0 Å². The minimum absolute atomic E-state index is 0.149. The van der Waals surface area contributed by atoms with Gasteiger partial charge in [0, 0.05) is 16.7 Å².